The molecule has 3 nitrogen and oxygen atoms in total. The van der Waals surface area contributed by atoms with Crippen LogP contribution in [0, 0.1) is 0 Å². The molecule has 0 amide bonds. The Bertz CT molecular complexity index is 386. The molecule has 0 heterocycles. The number of nitrogens with one attached hydrogen (secondary N) is 1. The predicted octanol–water partition coefficient (Wildman–Crippen LogP) is 2.72. The second-order valence-electron chi connectivity index (χ2n) is 3.80. The molecule has 0 atom stereocenters. The molecule has 94 valence electrons. The molecule has 0 unspecified atom stereocenters. The Hall–Kier alpha value is -1.48. The molecule has 0 bridgehead atoms. The molecule has 0 fully saturated rings. The fraction of sp³-hybridized carbons (Fsp3) is 0.429. The van der Waals surface area contributed by atoms with Gasteiger partial charge in [-0.25, -0.2) is 0 Å². The predicted molar refractivity (Wildman–Crippen MR) is 71.7 cm³/mol. The lowest BCUT2D eigenvalue weighted by molar-refractivity contribution is 0.355. The lowest BCUT2D eigenvalue weighted by atomic mass is 10.1. The number of ether oxygens (including phenoxy) is 2. The second-order valence-corrected chi connectivity index (χ2v) is 3.80. The van der Waals surface area contributed by atoms with E-state index in [0.29, 0.717) is 0 Å². The van der Waals surface area contributed by atoms with Gasteiger partial charge in [-0.15, -0.1) is 0 Å². The minimum absolute atomic E-state index is 0.760. The Balaban J connectivity index is 2.98. The van der Waals surface area contributed by atoms with Crippen LogP contribution in [0.1, 0.15) is 18.9 Å². The number of methoxy groups -OCH3 is 2. The lowest BCUT2D eigenvalue weighted by Gasteiger charge is -2.09. The average molecular weight is 235 g/mol. The highest BCUT2D eigenvalue weighted by molar-refractivity contribution is 5.58. The highest BCUT2D eigenvalue weighted by Gasteiger charge is 2.03. The van der Waals surface area contributed by atoms with Crippen LogP contribution in [0.5, 0.6) is 11.5 Å². The van der Waals surface area contributed by atoms with Crippen LogP contribution in [0.3, 0.4) is 0 Å². The summed E-state index contributed by atoms with van der Waals surface area (Å²) in [4.78, 5) is 0. The topological polar surface area (TPSA) is 30.5 Å². The highest BCUT2D eigenvalue weighted by atomic mass is 16.5. The zero-order valence-electron chi connectivity index (χ0n) is 11.0. The number of benzene rings is 1. The third-order valence-electron chi connectivity index (χ3n) is 2.64. The summed E-state index contributed by atoms with van der Waals surface area (Å²) in [6.07, 6.45) is 3.22. The maximum absolute atomic E-state index is 5.28. The average Bonchev–Trinajstić information content (AvgIpc) is 2.38. The van der Waals surface area contributed by atoms with Gasteiger partial charge >= 0.3 is 0 Å². The van der Waals surface area contributed by atoms with Crippen molar-refractivity contribution in [3.63, 3.8) is 0 Å². The van der Waals surface area contributed by atoms with Crippen molar-refractivity contribution in [2.75, 3.05) is 27.8 Å². The first-order valence-corrected chi connectivity index (χ1v) is 5.81. The molecular formula is C14H21NO2. The third kappa shape index (κ3) is 3.79. The number of likely N-dealkylation sites (N-methyl/N-ethyl adjacent to an activating group) is 1. The van der Waals surface area contributed by atoms with E-state index < -0.39 is 0 Å². The van der Waals surface area contributed by atoms with E-state index in [1.165, 1.54) is 5.57 Å². The normalized spacial score (nSPS) is 11.4. The van der Waals surface area contributed by atoms with Crippen LogP contribution < -0.4 is 14.8 Å². The zero-order chi connectivity index (χ0) is 12.7. The van der Waals surface area contributed by atoms with E-state index in [2.05, 4.69) is 18.3 Å². The number of hydrogen-bond acceptors (Lipinski definition) is 3. The molecule has 1 aromatic rings. The Morgan fingerprint density at radius 2 is 1.94 bits per heavy atom. The first-order valence-electron chi connectivity index (χ1n) is 5.81. The molecule has 3 heteroatoms. The van der Waals surface area contributed by atoms with Crippen LogP contribution in [-0.2, 0) is 0 Å². The lowest BCUT2D eigenvalue weighted by Crippen LogP contribution is -2.09. The van der Waals surface area contributed by atoms with E-state index in [4.69, 9.17) is 9.47 Å². The SMILES string of the molecule is CCC(=Cc1ccc(OC)c(OC)c1)CNC. The molecule has 1 rings (SSSR count). The minimum atomic E-state index is 0.760. The Morgan fingerprint density at radius 1 is 1.24 bits per heavy atom. The van der Waals surface area contributed by atoms with E-state index in [-0.39, 0.29) is 0 Å². The fourth-order valence-corrected chi connectivity index (χ4v) is 1.68. The number of rotatable bonds is 6. The molecule has 0 aliphatic heterocycles. The Morgan fingerprint density at radius 3 is 2.47 bits per heavy atom. The van der Waals surface area contributed by atoms with E-state index in [0.717, 1.165) is 30.0 Å². The van der Waals surface area contributed by atoms with Gasteiger partial charge in [0.1, 0.15) is 0 Å². The van der Waals surface area contributed by atoms with Crippen LogP contribution in [0.2, 0.25) is 0 Å². The van der Waals surface area contributed by atoms with Gasteiger partial charge in [0.15, 0.2) is 11.5 Å². The van der Waals surface area contributed by atoms with Gasteiger partial charge in [-0.2, -0.15) is 0 Å². The third-order valence-corrected chi connectivity index (χ3v) is 2.64. The Labute approximate surface area is 103 Å². The molecule has 0 saturated carbocycles. The number of hydrogen-bond donors (Lipinski definition) is 1. The molecule has 0 spiro atoms. The second kappa shape index (κ2) is 6.97. The van der Waals surface area contributed by atoms with Crippen LogP contribution in [0.15, 0.2) is 23.8 Å². The van der Waals surface area contributed by atoms with E-state index in [1.807, 2.05) is 25.2 Å². The van der Waals surface area contributed by atoms with Crippen molar-refractivity contribution in [2.45, 2.75) is 13.3 Å². The summed E-state index contributed by atoms with van der Waals surface area (Å²) in [7, 11) is 5.25. The van der Waals surface area contributed by atoms with Crippen molar-refractivity contribution < 1.29 is 9.47 Å². The summed E-state index contributed by atoms with van der Waals surface area (Å²) in [5.74, 6) is 1.53. The Kier molecular flexibility index (Phi) is 5.57. The van der Waals surface area contributed by atoms with Crippen LogP contribution in [0.4, 0.5) is 0 Å². The van der Waals surface area contributed by atoms with Gasteiger partial charge < -0.3 is 14.8 Å². The smallest absolute Gasteiger partial charge is 0.161 e. The molecule has 1 N–H and O–H groups in total. The van der Waals surface area contributed by atoms with Gasteiger partial charge in [0.25, 0.3) is 0 Å². The molecule has 0 aliphatic carbocycles. The summed E-state index contributed by atoms with van der Waals surface area (Å²) >= 11 is 0. The molecule has 1 aromatic carbocycles. The highest BCUT2D eigenvalue weighted by Crippen LogP contribution is 2.28. The van der Waals surface area contributed by atoms with Crippen molar-refractivity contribution in [3.05, 3.63) is 29.3 Å². The van der Waals surface area contributed by atoms with Crippen LogP contribution >= 0.6 is 0 Å². The fourth-order valence-electron chi connectivity index (χ4n) is 1.68. The van der Waals surface area contributed by atoms with Crippen LogP contribution in [0.25, 0.3) is 6.08 Å². The van der Waals surface area contributed by atoms with Gasteiger partial charge in [-0.1, -0.05) is 24.6 Å². The summed E-state index contributed by atoms with van der Waals surface area (Å²) in [5, 5.41) is 3.17. The van der Waals surface area contributed by atoms with Gasteiger partial charge in [0, 0.05) is 6.54 Å². The molecule has 0 saturated heterocycles. The largest absolute Gasteiger partial charge is 0.493 e. The quantitative estimate of drug-likeness (QED) is 0.822. The van der Waals surface area contributed by atoms with E-state index >= 15 is 0 Å². The van der Waals surface area contributed by atoms with Gasteiger partial charge in [0.05, 0.1) is 14.2 Å². The van der Waals surface area contributed by atoms with Crippen molar-refractivity contribution in [1.29, 1.82) is 0 Å². The maximum atomic E-state index is 5.28. The van der Waals surface area contributed by atoms with E-state index in [9.17, 15) is 0 Å². The van der Waals surface area contributed by atoms with Crippen molar-refractivity contribution in [1.82, 2.24) is 5.32 Å². The minimum Gasteiger partial charge on any atom is -0.493 e. The summed E-state index contributed by atoms with van der Waals surface area (Å²) in [6, 6.07) is 5.95. The summed E-state index contributed by atoms with van der Waals surface area (Å²) < 4.78 is 10.5. The zero-order valence-corrected chi connectivity index (χ0v) is 11.0. The maximum Gasteiger partial charge on any atom is 0.161 e. The summed E-state index contributed by atoms with van der Waals surface area (Å²) in [5.41, 5.74) is 2.49. The van der Waals surface area contributed by atoms with Crippen molar-refractivity contribution >= 4 is 6.08 Å². The summed E-state index contributed by atoms with van der Waals surface area (Å²) in [6.45, 7) is 3.06. The molecule has 0 aromatic heterocycles. The molecule has 0 radical (unpaired) electrons. The molecule has 0 aliphatic rings. The van der Waals surface area contributed by atoms with Gasteiger partial charge in [-0.05, 0) is 31.2 Å². The molecule has 17 heavy (non-hydrogen) atoms. The van der Waals surface area contributed by atoms with Crippen molar-refractivity contribution in [3.8, 4) is 11.5 Å². The van der Waals surface area contributed by atoms with Crippen molar-refractivity contribution in [2.24, 2.45) is 0 Å². The van der Waals surface area contributed by atoms with Gasteiger partial charge in [-0.3, -0.25) is 0 Å². The monoisotopic (exact) mass is 235 g/mol. The van der Waals surface area contributed by atoms with E-state index in [1.54, 1.807) is 14.2 Å². The van der Waals surface area contributed by atoms with Crippen LogP contribution in [-0.4, -0.2) is 27.8 Å². The standard InChI is InChI=1S/C14H21NO2/c1-5-11(10-15-2)8-12-6-7-13(16-3)14(9-12)17-4/h6-9,15H,5,10H2,1-4H3. The first kappa shape index (κ1) is 13.6. The van der Waals surface area contributed by atoms with Gasteiger partial charge in [0.2, 0.25) is 0 Å². The molecular weight excluding hydrogens is 214 g/mol. The first-order chi connectivity index (χ1) is 8.24.